The van der Waals surface area contributed by atoms with Crippen molar-refractivity contribution >= 4 is 11.6 Å². The minimum absolute atomic E-state index is 0.00378. The van der Waals surface area contributed by atoms with Gasteiger partial charge in [-0.15, -0.1) is 0 Å². The second kappa shape index (κ2) is 7.29. The van der Waals surface area contributed by atoms with E-state index in [-0.39, 0.29) is 23.3 Å². The number of ketones is 1. The quantitative estimate of drug-likeness (QED) is 0.693. The number of Topliss-reactive ketones (excluding diaryl/α,β-unsaturated/α-hetero) is 1. The van der Waals surface area contributed by atoms with E-state index in [4.69, 9.17) is 19.6 Å². The van der Waals surface area contributed by atoms with Gasteiger partial charge < -0.3 is 19.1 Å². The zero-order valence-electron chi connectivity index (χ0n) is 19.1. The maximum Gasteiger partial charge on any atom is 0.182 e. The van der Waals surface area contributed by atoms with E-state index < -0.39 is 0 Å². The van der Waals surface area contributed by atoms with E-state index in [0.29, 0.717) is 22.9 Å². The van der Waals surface area contributed by atoms with Crippen LogP contribution >= 0.6 is 0 Å². The highest BCUT2D eigenvalue weighted by atomic mass is 16.5. The molecule has 6 heteroatoms. The van der Waals surface area contributed by atoms with E-state index in [9.17, 15) is 4.79 Å². The zero-order valence-corrected chi connectivity index (χ0v) is 19.1. The molecule has 31 heavy (non-hydrogen) atoms. The third kappa shape index (κ3) is 3.34. The number of ether oxygens (including phenoxy) is 3. The summed E-state index contributed by atoms with van der Waals surface area (Å²) in [6, 6.07) is 9.42. The molecule has 0 unspecified atom stereocenters. The molecule has 4 rings (SSSR count). The van der Waals surface area contributed by atoms with Crippen LogP contribution in [-0.2, 0) is 11.0 Å². The number of hydrogen-bond acceptors (Lipinski definition) is 5. The number of rotatable bonds is 6. The second-order valence-electron chi connectivity index (χ2n) is 9.31. The van der Waals surface area contributed by atoms with Crippen LogP contribution in [0.25, 0.3) is 0 Å². The Bertz CT molecular complexity index is 1060. The Morgan fingerprint density at radius 3 is 2.16 bits per heavy atom. The SMILES string of the molecule is COc1cc2c(cc1OC)C1(CC1)N(CC(=O)c1ccc(OC)c(C(C)(C)C)c1)C2=N. The van der Waals surface area contributed by atoms with E-state index in [1.807, 2.05) is 35.2 Å². The third-order valence-electron chi connectivity index (χ3n) is 6.42. The maximum absolute atomic E-state index is 13.3. The molecule has 164 valence electrons. The standard InChI is InChI=1S/C25H30N2O4/c1-24(2,3)18-11-15(7-8-20(18)29-4)19(28)14-27-23(26)16-12-21(30-5)22(31-6)13-17(16)25(27)9-10-25/h7-8,11-13,26H,9-10,14H2,1-6H3. The van der Waals surface area contributed by atoms with Gasteiger partial charge >= 0.3 is 0 Å². The Kier molecular flexibility index (Phi) is 4.99. The molecule has 1 saturated carbocycles. The molecular formula is C25H30N2O4. The summed E-state index contributed by atoms with van der Waals surface area (Å²) in [5.74, 6) is 2.39. The van der Waals surface area contributed by atoms with Crippen molar-refractivity contribution in [2.45, 2.75) is 44.6 Å². The van der Waals surface area contributed by atoms with E-state index in [1.165, 1.54) is 0 Å². The molecule has 0 amide bonds. The second-order valence-corrected chi connectivity index (χ2v) is 9.31. The number of hydrogen-bond donors (Lipinski definition) is 1. The van der Waals surface area contributed by atoms with Crippen LogP contribution in [-0.4, -0.2) is 44.4 Å². The van der Waals surface area contributed by atoms with Crippen LogP contribution in [0.5, 0.6) is 17.2 Å². The van der Waals surface area contributed by atoms with E-state index >= 15 is 0 Å². The van der Waals surface area contributed by atoms with Crippen LogP contribution in [0.15, 0.2) is 30.3 Å². The number of fused-ring (bicyclic) bond motifs is 2. The van der Waals surface area contributed by atoms with Crippen molar-refractivity contribution in [3.8, 4) is 17.2 Å². The summed E-state index contributed by atoms with van der Waals surface area (Å²) in [5, 5.41) is 8.80. The highest BCUT2D eigenvalue weighted by molar-refractivity contribution is 6.07. The van der Waals surface area contributed by atoms with Crippen molar-refractivity contribution in [3.63, 3.8) is 0 Å². The molecule has 1 N–H and O–H groups in total. The summed E-state index contributed by atoms with van der Waals surface area (Å²) in [4.78, 5) is 15.3. The average Bonchev–Trinajstić information content (AvgIpc) is 3.52. The first-order chi connectivity index (χ1) is 14.7. The number of carbonyl (C=O) groups excluding carboxylic acids is 1. The minimum atomic E-state index is -0.291. The molecule has 1 spiro atoms. The Balaban J connectivity index is 1.66. The number of amidine groups is 1. The van der Waals surface area contributed by atoms with Gasteiger partial charge in [0.25, 0.3) is 0 Å². The fraction of sp³-hybridized carbons (Fsp3) is 0.440. The molecule has 6 nitrogen and oxygen atoms in total. The van der Waals surface area contributed by atoms with Crippen molar-refractivity contribution in [1.29, 1.82) is 5.41 Å². The molecule has 2 aromatic rings. The van der Waals surface area contributed by atoms with E-state index in [0.717, 1.165) is 35.3 Å². The van der Waals surface area contributed by atoms with Gasteiger partial charge in [-0.3, -0.25) is 10.2 Å². The molecule has 0 saturated heterocycles. The molecule has 2 aromatic carbocycles. The Morgan fingerprint density at radius 1 is 1.00 bits per heavy atom. The molecule has 2 aliphatic rings. The van der Waals surface area contributed by atoms with Crippen molar-refractivity contribution in [1.82, 2.24) is 4.90 Å². The van der Waals surface area contributed by atoms with Gasteiger partial charge in [0.2, 0.25) is 0 Å². The van der Waals surface area contributed by atoms with Gasteiger partial charge in [-0.1, -0.05) is 20.8 Å². The lowest BCUT2D eigenvalue weighted by Gasteiger charge is -2.27. The molecule has 1 aliphatic carbocycles. The molecule has 0 radical (unpaired) electrons. The molecule has 0 atom stereocenters. The number of benzene rings is 2. The third-order valence-corrected chi connectivity index (χ3v) is 6.42. The number of nitrogens with one attached hydrogen (secondary N) is 1. The van der Waals surface area contributed by atoms with Crippen LogP contribution < -0.4 is 14.2 Å². The zero-order chi connectivity index (χ0) is 22.6. The van der Waals surface area contributed by atoms with Crippen LogP contribution in [0.2, 0.25) is 0 Å². The summed E-state index contributed by atoms with van der Waals surface area (Å²) in [6.45, 7) is 6.47. The predicted octanol–water partition coefficient (Wildman–Crippen LogP) is 4.52. The summed E-state index contributed by atoms with van der Waals surface area (Å²) in [7, 11) is 4.85. The first kappa shape index (κ1) is 21.2. The lowest BCUT2D eigenvalue weighted by molar-refractivity contribution is 0.0943. The maximum atomic E-state index is 13.3. The summed E-state index contributed by atoms with van der Waals surface area (Å²) in [6.07, 6.45) is 1.84. The summed E-state index contributed by atoms with van der Waals surface area (Å²) < 4.78 is 16.4. The monoisotopic (exact) mass is 422 g/mol. The van der Waals surface area contributed by atoms with Gasteiger partial charge in [0.05, 0.1) is 33.4 Å². The van der Waals surface area contributed by atoms with Crippen molar-refractivity contribution < 1.29 is 19.0 Å². The van der Waals surface area contributed by atoms with Crippen LogP contribution in [0.4, 0.5) is 0 Å². The van der Waals surface area contributed by atoms with Gasteiger partial charge in [-0.2, -0.15) is 0 Å². The van der Waals surface area contributed by atoms with Gasteiger partial charge in [0.15, 0.2) is 17.3 Å². The molecule has 0 bridgehead atoms. The Morgan fingerprint density at radius 2 is 1.61 bits per heavy atom. The fourth-order valence-corrected chi connectivity index (χ4v) is 4.56. The van der Waals surface area contributed by atoms with Gasteiger partial charge in [0, 0.05) is 16.7 Å². The van der Waals surface area contributed by atoms with Gasteiger partial charge in [-0.05, 0) is 54.2 Å². The Labute approximate surface area is 183 Å². The van der Waals surface area contributed by atoms with E-state index in [2.05, 4.69) is 20.8 Å². The first-order valence-corrected chi connectivity index (χ1v) is 10.5. The Hall–Kier alpha value is -3.02. The summed E-state index contributed by atoms with van der Waals surface area (Å²) in [5.41, 5.74) is 3.06. The number of carbonyl (C=O) groups is 1. The molecule has 0 aromatic heterocycles. The molecule has 1 aliphatic heterocycles. The van der Waals surface area contributed by atoms with Crippen molar-refractivity contribution in [3.05, 3.63) is 52.6 Å². The molecule has 1 fully saturated rings. The van der Waals surface area contributed by atoms with Crippen LogP contribution in [0.1, 0.15) is 60.7 Å². The lowest BCUT2D eigenvalue weighted by atomic mass is 9.85. The van der Waals surface area contributed by atoms with E-state index in [1.54, 1.807) is 21.3 Å². The van der Waals surface area contributed by atoms with Crippen LogP contribution in [0, 0.1) is 5.41 Å². The number of nitrogens with zero attached hydrogens (tertiary/aromatic N) is 1. The summed E-state index contributed by atoms with van der Waals surface area (Å²) >= 11 is 0. The normalized spacial score (nSPS) is 16.3. The van der Waals surface area contributed by atoms with Crippen LogP contribution in [0.3, 0.4) is 0 Å². The lowest BCUT2D eigenvalue weighted by Crippen LogP contribution is -2.38. The van der Waals surface area contributed by atoms with Gasteiger partial charge in [-0.25, -0.2) is 0 Å². The topological polar surface area (TPSA) is 71.8 Å². The molecular weight excluding hydrogens is 392 g/mol. The highest BCUT2D eigenvalue weighted by Gasteiger charge is 2.57. The highest BCUT2D eigenvalue weighted by Crippen LogP contribution is 2.58. The van der Waals surface area contributed by atoms with Crippen molar-refractivity contribution in [2.24, 2.45) is 0 Å². The van der Waals surface area contributed by atoms with Gasteiger partial charge in [0.1, 0.15) is 11.6 Å². The average molecular weight is 423 g/mol. The predicted molar refractivity (Wildman–Crippen MR) is 120 cm³/mol. The smallest absolute Gasteiger partial charge is 0.182 e. The fourth-order valence-electron chi connectivity index (χ4n) is 4.56. The largest absolute Gasteiger partial charge is 0.496 e. The number of methoxy groups -OCH3 is 3. The minimum Gasteiger partial charge on any atom is -0.496 e. The molecule has 1 heterocycles. The first-order valence-electron chi connectivity index (χ1n) is 10.5. The van der Waals surface area contributed by atoms with Crippen molar-refractivity contribution in [2.75, 3.05) is 27.9 Å².